The van der Waals surface area contributed by atoms with E-state index in [9.17, 15) is 9.59 Å². The van der Waals surface area contributed by atoms with Crippen LogP contribution >= 0.6 is 15.9 Å². The van der Waals surface area contributed by atoms with Gasteiger partial charge in [-0.2, -0.15) is 0 Å². The number of nitrogens with zero attached hydrogens (tertiary/aromatic N) is 1. The largest absolute Gasteiger partial charge is 0.372 e. The first-order chi connectivity index (χ1) is 10.6. The monoisotopic (exact) mass is 358 g/mol. The van der Waals surface area contributed by atoms with E-state index in [4.69, 9.17) is 0 Å². The second-order valence-electron chi connectivity index (χ2n) is 5.23. The molecule has 22 heavy (non-hydrogen) atoms. The number of anilines is 2. The Bertz CT molecular complexity index is 745. The standard InChI is InChI=1S/C17H15BrN2O2/c1-11-6-2-5-9-15(11)20-16(21)10-14(17(20)22)19-13-8-4-3-7-12(13)18/h2-9,14,19H,10H2,1H3/t14-/m1/s1. The molecule has 0 bridgehead atoms. The minimum atomic E-state index is -0.536. The van der Waals surface area contributed by atoms with Gasteiger partial charge in [0.25, 0.3) is 5.91 Å². The van der Waals surface area contributed by atoms with Gasteiger partial charge in [-0.1, -0.05) is 30.3 Å². The van der Waals surface area contributed by atoms with Crippen molar-refractivity contribution in [3.63, 3.8) is 0 Å². The third-order valence-electron chi connectivity index (χ3n) is 3.71. The number of hydrogen-bond donors (Lipinski definition) is 1. The van der Waals surface area contributed by atoms with Crippen molar-refractivity contribution >= 4 is 39.1 Å². The average Bonchev–Trinajstić information content (AvgIpc) is 2.77. The van der Waals surface area contributed by atoms with Crippen LogP contribution < -0.4 is 10.2 Å². The van der Waals surface area contributed by atoms with Crippen molar-refractivity contribution in [2.45, 2.75) is 19.4 Å². The molecule has 2 aromatic carbocycles. The molecule has 0 radical (unpaired) electrons. The van der Waals surface area contributed by atoms with E-state index in [2.05, 4.69) is 21.2 Å². The van der Waals surface area contributed by atoms with E-state index in [1.807, 2.05) is 49.4 Å². The normalized spacial score (nSPS) is 17.9. The molecule has 1 aliphatic heterocycles. The van der Waals surface area contributed by atoms with E-state index >= 15 is 0 Å². The summed E-state index contributed by atoms with van der Waals surface area (Å²) in [6, 6.07) is 14.4. The van der Waals surface area contributed by atoms with E-state index in [1.54, 1.807) is 6.07 Å². The summed E-state index contributed by atoms with van der Waals surface area (Å²) >= 11 is 3.44. The molecule has 0 saturated carbocycles. The Hall–Kier alpha value is -2.14. The number of amides is 2. The highest BCUT2D eigenvalue weighted by Gasteiger charge is 2.40. The molecular formula is C17H15BrN2O2. The molecule has 1 aliphatic rings. The zero-order chi connectivity index (χ0) is 15.7. The van der Waals surface area contributed by atoms with E-state index in [0.717, 1.165) is 15.7 Å². The minimum Gasteiger partial charge on any atom is -0.372 e. The Morgan fingerprint density at radius 3 is 2.50 bits per heavy atom. The molecule has 1 fully saturated rings. The number of hydrogen-bond acceptors (Lipinski definition) is 3. The third-order valence-corrected chi connectivity index (χ3v) is 4.40. The van der Waals surface area contributed by atoms with Crippen molar-refractivity contribution in [3.05, 3.63) is 58.6 Å². The van der Waals surface area contributed by atoms with Gasteiger partial charge in [0.2, 0.25) is 5.91 Å². The fourth-order valence-electron chi connectivity index (χ4n) is 2.58. The molecule has 2 aromatic rings. The van der Waals surface area contributed by atoms with Gasteiger partial charge in [-0.15, -0.1) is 0 Å². The lowest BCUT2D eigenvalue weighted by Crippen LogP contribution is -2.35. The Balaban J connectivity index is 1.86. The fraction of sp³-hybridized carbons (Fsp3) is 0.176. The minimum absolute atomic E-state index is 0.161. The number of carbonyl (C=O) groups is 2. The van der Waals surface area contributed by atoms with Crippen LogP contribution in [0.5, 0.6) is 0 Å². The summed E-state index contributed by atoms with van der Waals surface area (Å²) in [5.74, 6) is -0.390. The average molecular weight is 359 g/mol. The molecule has 1 heterocycles. The first-order valence-corrected chi connectivity index (χ1v) is 7.80. The van der Waals surface area contributed by atoms with Gasteiger partial charge >= 0.3 is 0 Å². The number of halogens is 1. The predicted octanol–water partition coefficient (Wildman–Crippen LogP) is 3.50. The summed E-state index contributed by atoms with van der Waals surface area (Å²) in [6.45, 7) is 1.89. The summed E-state index contributed by atoms with van der Waals surface area (Å²) in [5.41, 5.74) is 2.37. The number of aryl methyl sites for hydroxylation is 1. The Kier molecular flexibility index (Phi) is 3.98. The van der Waals surface area contributed by atoms with Crippen molar-refractivity contribution in [1.82, 2.24) is 0 Å². The molecule has 0 aliphatic carbocycles. The molecule has 4 nitrogen and oxygen atoms in total. The van der Waals surface area contributed by atoms with E-state index in [1.165, 1.54) is 4.90 Å². The van der Waals surface area contributed by atoms with Crippen LogP contribution in [0.15, 0.2) is 53.0 Å². The first-order valence-electron chi connectivity index (χ1n) is 7.01. The number of imide groups is 1. The van der Waals surface area contributed by atoms with Crippen molar-refractivity contribution in [1.29, 1.82) is 0 Å². The number of benzene rings is 2. The summed E-state index contributed by atoms with van der Waals surface area (Å²) in [5, 5.41) is 3.15. The number of nitrogens with one attached hydrogen (secondary N) is 1. The van der Waals surface area contributed by atoms with Gasteiger partial charge in [-0.05, 0) is 46.6 Å². The number of para-hydroxylation sites is 2. The molecule has 1 atom stereocenters. The topological polar surface area (TPSA) is 49.4 Å². The molecule has 0 unspecified atom stereocenters. The molecule has 1 N–H and O–H groups in total. The summed E-state index contributed by atoms with van der Waals surface area (Å²) in [4.78, 5) is 26.2. The Morgan fingerprint density at radius 2 is 1.77 bits per heavy atom. The van der Waals surface area contributed by atoms with Crippen molar-refractivity contribution < 1.29 is 9.59 Å². The van der Waals surface area contributed by atoms with Crippen LogP contribution in [0.2, 0.25) is 0 Å². The van der Waals surface area contributed by atoms with Crippen molar-refractivity contribution in [2.75, 3.05) is 10.2 Å². The molecule has 1 saturated heterocycles. The summed E-state index contributed by atoms with van der Waals surface area (Å²) < 4.78 is 0.865. The van der Waals surface area contributed by atoms with Crippen LogP contribution in [0.25, 0.3) is 0 Å². The van der Waals surface area contributed by atoms with Crippen molar-refractivity contribution in [3.8, 4) is 0 Å². The maximum atomic E-state index is 12.6. The fourth-order valence-corrected chi connectivity index (χ4v) is 2.98. The van der Waals surface area contributed by atoms with Gasteiger partial charge in [-0.25, -0.2) is 4.90 Å². The molecule has 112 valence electrons. The molecule has 3 rings (SSSR count). The van der Waals surface area contributed by atoms with Gasteiger partial charge < -0.3 is 5.32 Å². The molecule has 2 amide bonds. The van der Waals surface area contributed by atoms with E-state index in [-0.39, 0.29) is 18.2 Å². The maximum Gasteiger partial charge on any atom is 0.256 e. The van der Waals surface area contributed by atoms with Crippen LogP contribution in [-0.2, 0) is 9.59 Å². The van der Waals surface area contributed by atoms with Crippen LogP contribution in [0, 0.1) is 6.92 Å². The number of carbonyl (C=O) groups excluding carboxylic acids is 2. The first kappa shape index (κ1) is 14.8. The smallest absolute Gasteiger partial charge is 0.256 e. The number of rotatable bonds is 3. The van der Waals surface area contributed by atoms with Gasteiger partial charge in [0, 0.05) is 10.2 Å². The zero-order valence-corrected chi connectivity index (χ0v) is 13.6. The highest BCUT2D eigenvalue weighted by atomic mass is 79.9. The lowest BCUT2D eigenvalue weighted by atomic mass is 10.2. The summed E-state index contributed by atoms with van der Waals surface area (Å²) in [6.07, 6.45) is 0.161. The van der Waals surface area contributed by atoms with E-state index in [0.29, 0.717) is 5.69 Å². The molecule has 5 heteroatoms. The molecule has 0 spiro atoms. The van der Waals surface area contributed by atoms with Crippen LogP contribution in [0.4, 0.5) is 11.4 Å². The van der Waals surface area contributed by atoms with Crippen LogP contribution in [0.1, 0.15) is 12.0 Å². The second-order valence-corrected chi connectivity index (χ2v) is 6.09. The van der Waals surface area contributed by atoms with Crippen molar-refractivity contribution in [2.24, 2.45) is 0 Å². The highest BCUT2D eigenvalue weighted by Crippen LogP contribution is 2.29. The zero-order valence-electron chi connectivity index (χ0n) is 12.0. The third kappa shape index (κ3) is 2.64. The van der Waals surface area contributed by atoms with Gasteiger partial charge in [0.05, 0.1) is 12.1 Å². The van der Waals surface area contributed by atoms with Gasteiger partial charge in [0.15, 0.2) is 0 Å². The lowest BCUT2D eigenvalue weighted by Gasteiger charge is -2.18. The molecular weight excluding hydrogens is 344 g/mol. The van der Waals surface area contributed by atoms with Crippen LogP contribution in [0.3, 0.4) is 0 Å². The Morgan fingerprint density at radius 1 is 1.09 bits per heavy atom. The Labute approximate surface area is 137 Å². The van der Waals surface area contributed by atoms with Crippen LogP contribution in [-0.4, -0.2) is 17.9 Å². The predicted molar refractivity (Wildman–Crippen MR) is 89.8 cm³/mol. The molecule has 0 aromatic heterocycles. The quantitative estimate of drug-likeness (QED) is 0.854. The van der Waals surface area contributed by atoms with Gasteiger partial charge in [0.1, 0.15) is 6.04 Å². The maximum absolute atomic E-state index is 12.6. The van der Waals surface area contributed by atoms with Gasteiger partial charge in [-0.3, -0.25) is 9.59 Å². The highest BCUT2D eigenvalue weighted by molar-refractivity contribution is 9.10. The lowest BCUT2D eigenvalue weighted by molar-refractivity contribution is -0.121. The SMILES string of the molecule is Cc1ccccc1N1C(=O)C[C@@H](Nc2ccccc2Br)C1=O. The second kappa shape index (κ2) is 5.93. The van der Waals surface area contributed by atoms with E-state index < -0.39 is 6.04 Å². The summed E-state index contributed by atoms with van der Waals surface area (Å²) in [7, 11) is 0.